The van der Waals surface area contributed by atoms with Crippen molar-refractivity contribution in [2.24, 2.45) is 12.1 Å². The quantitative estimate of drug-likeness (QED) is 0.433. The third-order valence-corrected chi connectivity index (χ3v) is 4.74. The molecule has 6 nitrogen and oxygen atoms in total. The van der Waals surface area contributed by atoms with Crippen molar-refractivity contribution in [3.8, 4) is 0 Å². The number of rotatable bonds is 6. The Labute approximate surface area is 148 Å². The summed E-state index contributed by atoms with van der Waals surface area (Å²) in [6.45, 7) is 5.81. The van der Waals surface area contributed by atoms with E-state index in [1.54, 1.807) is 11.1 Å². The van der Waals surface area contributed by atoms with Crippen molar-refractivity contribution in [1.82, 2.24) is 9.99 Å². The van der Waals surface area contributed by atoms with Crippen LogP contribution in [-0.4, -0.2) is 49.4 Å². The highest BCUT2D eigenvalue weighted by Crippen LogP contribution is 1.95. The molecule has 0 aliphatic carbocycles. The first kappa shape index (κ1) is 17.4. The van der Waals surface area contributed by atoms with Gasteiger partial charge in [-0.1, -0.05) is 30.3 Å². The van der Waals surface area contributed by atoms with Crippen LogP contribution in [0.1, 0.15) is 11.3 Å². The maximum absolute atomic E-state index is 12.0. The molecule has 3 rings (SSSR count). The molecule has 2 heterocycles. The molecule has 0 unspecified atom stereocenters. The first-order valence-corrected chi connectivity index (χ1v) is 8.85. The molecule has 0 spiro atoms. The number of nitrogens with zero attached hydrogens (tertiary/aromatic N) is 2. The van der Waals surface area contributed by atoms with E-state index >= 15 is 0 Å². The second kappa shape index (κ2) is 8.60. The molecule has 0 bridgehead atoms. The van der Waals surface area contributed by atoms with E-state index in [2.05, 4.69) is 40.9 Å². The van der Waals surface area contributed by atoms with Gasteiger partial charge in [0.25, 0.3) is 5.91 Å². The minimum Gasteiger partial charge on any atom is -0.350 e. The minimum atomic E-state index is -0.0213. The Morgan fingerprint density at radius 1 is 1.12 bits per heavy atom. The maximum atomic E-state index is 12.0. The van der Waals surface area contributed by atoms with Gasteiger partial charge in [0.1, 0.15) is 32.7 Å². The smallest absolute Gasteiger partial charge is 0.295 e. The number of nitrogens with one attached hydrogen (secondary N) is 3. The Bertz CT molecular complexity index is 702. The second-order valence-corrected chi connectivity index (χ2v) is 6.68. The number of carbonyl (C=O) groups is 1. The van der Waals surface area contributed by atoms with Gasteiger partial charge >= 0.3 is 0 Å². The molecule has 1 aromatic heterocycles. The van der Waals surface area contributed by atoms with Crippen molar-refractivity contribution in [2.45, 2.75) is 6.54 Å². The van der Waals surface area contributed by atoms with Gasteiger partial charge in [-0.2, -0.15) is 5.10 Å². The predicted molar refractivity (Wildman–Crippen MR) is 97.6 cm³/mol. The number of hydrazone groups is 1. The van der Waals surface area contributed by atoms with Crippen molar-refractivity contribution in [2.75, 3.05) is 32.7 Å². The number of hydrogen-bond donors (Lipinski definition) is 3. The molecule has 2 aromatic rings. The minimum absolute atomic E-state index is 0.0213. The molecule has 0 atom stereocenters. The maximum Gasteiger partial charge on any atom is 0.295 e. The van der Waals surface area contributed by atoms with Crippen LogP contribution in [0.15, 0.2) is 53.8 Å². The van der Waals surface area contributed by atoms with Crippen LogP contribution in [0.5, 0.6) is 0 Å². The van der Waals surface area contributed by atoms with Crippen LogP contribution in [0.3, 0.4) is 0 Å². The highest BCUT2D eigenvalue weighted by atomic mass is 16.2. The van der Waals surface area contributed by atoms with Gasteiger partial charge in [0.2, 0.25) is 0 Å². The molecule has 3 N–H and O–H groups in total. The number of carbonyl (C=O) groups excluding carboxylic acids is 1. The summed E-state index contributed by atoms with van der Waals surface area (Å²) in [7, 11) is 1.95. The van der Waals surface area contributed by atoms with Crippen molar-refractivity contribution < 1.29 is 14.6 Å². The lowest BCUT2D eigenvalue weighted by Crippen LogP contribution is -3.28. The zero-order chi connectivity index (χ0) is 17.5. The summed E-state index contributed by atoms with van der Waals surface area (Å²) in [6, 6.07) is 14.5. The average molecular weight is 341 g/mol. The summed E-state index contributed by atoms with van der Waals surface area (Å²) in [5.41, 5.74) is 4.98. The summed E-state index contributed by atoms with van der Waals surface area (Å²) in [5, 5.41) is 4.05. The Morgan fingerprint density at radius 3 is 2.52 bits per heavy atom. The number of quaternary nitrogens is 2. The lowest BCUT2D eigenvalue weighted by molar-refractivity contribution is -1.02. The molecule has 6 heteroatoms. The normalized spacial score (nSPS) is 20.7. The van der Waals surface area contributed by atoms with Crippen LogP contribution in [0.25, 0.3) is 0 Å². The second-order valence-electron chi connectivity index (χ2n) is 6.68. The van der Waals surface area contributed by atoms with Gasteiger partial charge in [0.05, 0.1) is 11.9 Å². The summed E-state index contributed by atoms with van der Waals surface area (Å²) in [5.74, 6) is -0.0213. The van der Waals surface area contributed by atoms with E-state index in [0.29, 0.717) is 6.54 Å². The highest BCUT2D eigenvalue weighted by Gasteiger charge is 2.24. The molecule has 0 radical (unpaired) electrons. The Morgan fingerprint density at radius 2 is 1.84 bits per heavy atom. The lowest BCUT2D eigenvalue weighted by atomic mass is 10.2. The van der Waals surface area contributed by atoms with Gasteiger partial charge in [-0.3, -0.25) is 4.79 Å². The molecule has 1 saturated heterocycles. The standard InChI is InChI=1S/C19H25N5O/c1-22-9-5-8-18(22)14-20-21-19(25)16-24-12-10-23(11-13-24)15-17-6-3-2-4-7-17/h2-9,14H,10-13,15-16H2,1H3,(H,21,25)/p+2. The summed E-state index contributed by atoms with van der Waals surface area (Å²) in [6.07, 6.45) is 3.62. The van der Waals surface area contributed by atoms with Crippen LogP contribution < -0.4 is 15.2 Å². The third kappa shape index (κ3) is 5.27. The van der Waals surface area contributed by atoms with Crippen molar-refractivity contribution in [1.29, 1.82) is 0 Å². The largest absolute Gasteiger partial charge is 0.350 e. The molecule has 1 aromatic carbocycles. The Kier molecular flexibility index (Phi) is 5.98. The number of amides is 1. The fourth-order valence-electron chi connectivity index (χ4n) is 3.24. The summed E-state index contributed by atoms with van der Waals surface area (Å²) >= 11 is 0. The first-order valence-electron chi connectivity index (χ1n) is 8.85. The molecular formula is C19H27N5O+2. The van der Waals surface area contributed by atoms with E-state index in [4.69, 9.17) is 0 Å². The van der Waals surface area contributed by atoms with Gasteiger partial charge in [-0.05, 0) is 12.1 Å². The van der Waals surface area contributed by atoms with Crippen LogP contribution in [0.4, 0.5) is 0 Å². The van der Waals surface area contributed by atoms with E-state index in [1.807, 2.05) is 29.9 Å². The Balaban J connectivity index is 1.37. The lowest BCUT2D eigenvalue weighted by Gasteiger charge is -2.29. The van der Waals surface area contributed by atoms with Gasteiger partial charge in [-0.15, -0.1) is 0 Å². The van der Waals surface area contributed by atoms with Crippen LogP contribution in [0.2, 0.25) is 0 Å². The molecule has 25 heavy (non-hydrogen) atoms. The fourth-order valence-corrected chi connectivity index (χ4v) is 3.24. The van der Waals surface area contributed by atoms with Gasteiger partial charge in [0.15, 0.2) is 6.54 Å². The third-order valence-electron chi connectivity index (χ3n) is 4.74. The predicted octanol–water partition coefficient (Wildman–Crippen LogP) is -1.54. The fraction of sp³-hybridized carbons (Fsp3) is 0.368. The van der Waals surface area contributed by atoms with Gasteiger partial charge in [0, 0.05) is 18.8 Å². The monoisotopic (exact) mass is 341 g/mol. The Hall–Kier alpha value is -2.44. The zero-order valence-corrected chi connectivity index (χ0v) is 14.7. The van der Waals surface area contributed by atoms with Crippen molar-refractivity contribution in [3.63, 3.8) is 0 Å². The number of piperazine rings is 1. The van der Waals surface area contributed by atoms with Crippen LogP contribution in [-0.2, 0) is 18.4 Å². The summed E-state index contributed by atoms with van der Waals surface area (Å²) < 4.78 is 1.95. The summed E-state index contributed by atoms with van der Waals surface area (Å²) in [4.78, 5) is 15.0. The van der Waals surface area contributed by atoms with Gasteiger partial charge in [-0.25, -0.2) is 5.43 Å². The van der Waals surface area contributed by atoms with E-state index in [9.17, 15) is 4.79 Å². The molecule has 1 aliphatic rings. The SMILES string of the molecule is Cn1cccc1C=NNC(=O)C[NH+]1CC[NH+](Cc2ccccc2)CC1. The topological polar surface area (TPSA) is 55.3 Å². The molecule has 1 amide bonds. The van der Waals surface area contributed by atoms with Crippen molar-refractivity contribution >= 4 is 12.1 Å². The van der Waals surface area contributed by atoms with Crippen molar-refractivity contribution in [3.05, 3.63) is 59.9 Å². The number of aromatic nitrogens is 1. The molecule has 132 valence electrons. The molecule has 0 saturated carbocycles. The molecule has 1 fully saturated rings. The van der Waals surface area contributed by atoms with Crippen LogP contribution in [0, 0.1) is 0 Å². The molecule has 1 aliphatic heterocycles. The highest BCUT2D eigenvalue weighted by molar-refractivity contribution is 5.81. The molecular weight excluding hydrogens is 314 g/mol. The first-order chi connectivity index (χ1) is 12.2. The van der Waals surface area contributed by atoms with Crippen LogP contribution >= 0.6 is 0 Å². The van der Waals surface area contributed by atoms with E-state index in [-0.39, 0.29) is 5.91 Å². The van der Waals surface area contributed by atoms with E-state index < -0.39 is 0 Å². The van der Waals surface area contributed by atoms with E-state index in [0.717, 1.165) is 38.4 Å². The number of aryl methyl sites for hydroxylation is 1. The van der Waals surface area contributed by atoms with Gasteiger partial charge < -0.3 is 14.4 Å². The number of benzene rings is 1. The average Bonchev–Trinajstić information content (AvgIpc) is 3.03. The zero-order valence-electron chi connectivity index (χ0n) is 14.7. The van der Waals surface area contributed by atoms with E-state index in [1.165, 1.54) is 10.5 Å². The number of hydrogen-bond acceptors (Lipinski definition) is 2.